The van der Waals surface area contributed by atoms with Gasteiger partial charge in [0.2, 0.25) is 0 Å². The summed E-state index contributed by atoms with van der Waals surface area (Å²) in [4.78, 5) is 14.3. The van der Waals surface area contributed by atoms with Crippen molar-refractivity contribution in [3.63, 3.8) is 0 Å². The number of nitrogens with zero attached hydrogens (tertiary/aromatic N) is 1. The van der Waals surface area contributed by atoms with Gasteiger partial charge in [-0.15, -0.1) is 0 Å². The van der Waals surface area contributed by atoms with Crippen molar-refractivity contribution in [2.24, 2.45) is 0 Å². The van der Waals surface area contributed by atoms with Crippen molar-refractivity contribution in [2.45, 2.75) is 38.6 Å². The number of carbonyl (C=O) groups is 1. The molecule has 1 fully saturated rings. The van der Waals surface area contributed by atoms with Crippen LogP contribution in [0.3, 0.4) is 0 Å². The fourth-order valence-corrected chi connectivity index (χ4v) is 3.23. The molecule has 0 bridgehead atoms. The second kappa shape index (κ2) is 6.85. The zero-order chi connectivity index (χ0) is 13.7. The minimum Gasteiger partial charge on any atom is -0.399 e. The predicted molar refractivity (Wildman–Crippen MR) is 82.3 cm³/mol. The van der Waals surface area contributed by atoms with Gasteiger partial charge in [0.15, 0.2) is 0 Å². The van der Waals surface area contributed by atoms with E-state index in [1.807, 2.05) is 24.0 Å². The summed E-state index contributed by atoms with van der Waals surface area (Å²) in [6.45, 7) is 2.90. The Kier molecular flexibility index (Phi) is 5.14. The van der Waals surface area contributed by atoms with E-state index in [0.29, 0.717) is 0 Å². The molecule has 2 rings (SSSR count). The van der Waals surface area contributed by atoms with Gasteiger partial charge in [-0.2, -0.15) is 0 Å². The summed E-state index contributed by atoms with van der Waals surface area (Å²) in [6, 6.07) is 8.19. The van der Waals surface area contributed by atoms with Gasteiger partial charge in [-0.25, -0.2) is 0 Å². The summed E-state index contributed by atoms with van der Waals surface area (Å²) in [5.41, 5.74) is 7.73. The van der Waals surface area contributed by atoms with Gasteiger partial charge in [-0.1, -0.05) is 43.7 Å². The molecule has 0 radical (unpaired) electrons. The van der Waals surface area contributed by atoms with Crippen LogP contribution in [0.2, 0.25) is 0 Å². The smallest absolute Gasteiger partial charge is 0.282 e. The highest BCUT2D eigenvalue weighted by molar-refractivity contribution is 8.13. The van der Waals surface area contributed by atoms with Crippen LogP contribution in [-0.2, 0) is 0 Å². The van der Waals surface area contributed by atoms with Crippen LogP contribution in [0.15, 0.2) is 24.3 Å². The van der Waals surface area contributed by atoms with Gasteiger partial charge in [0.25, 0.3) is 5.24 Å². The average Bonchev–Trinajstić information content (AvgIpc) is 2.65. The monoisotopic (exact) mass is 278 g/mol. The molecule has 1 amide bonds. The van der Waals surface area contributed by atoms with E-state index in [0.717, 1.165) is 30.8 Å². The zero-order valence-corrected chi connectivity index (χ0v) is 12.3. The molecule has 2 N–H and O–H groups in total. The Morgan fingerprint density at radius 3 is 2.74 bits per heavy atom. The highest BCUT2D eigenvalue weighted by Gasteiger charge is 2.26. The second-order valence-electron chi connectivity index (χ2n) is 4.92. The first-order valence-electron chi connectivity index (χ1n) is 7.01. The maximum absolute atomic E-state index is 12.3. The van der Waals surface area contributed by atoms with Crippen LogP contribution < -0.4 is 5.73 Å². The van der Waals surface area contributed by atoms with Crippen LogP contribution in [0.4, 0.5) is 10.5 Å². The molecule has 0 saturated carbocycles. The second-order valence-corrected chi connectivity index (χ2v) is 6.14. The van der Waals surface area contributed by atoms with Crippen molar-refractivity contribution < 1.29 is 4.79 Å². The molecule has 0 spiro atoms. The highest BCUT2D eigenvalue weighted by atomic mass is 32.2. The number of anilines is 1. The molecule has 1 saturated heterocycles. The lowest BCUT2D eigenvalue weighted by molar-refractivity contribution is 0.201. The van der Waals surface area contributed by atoms with Crippen molar-refractivity contribution >= 4 is 22.7 Å². The van der Waals surface area contributed by atoms with Gasteiger partial charge in [0, 0.05) is 12.2 Å². The van der Waals surface area contributed by atoms with Crippen LogP contribution in [0.5, 0.6) is 0 Å². The maximum atomic E-state index is 12.3. The minimum atomic E-state index is 0.214. The molecule has 0 aliphatic carbocycles. The Balaban J connectivity index is 2.21. The number of likely N-dealkylation sites (tertiary alicyclic amines) is 1. The lowest BCUT2D eigenvalue weighted by Gasteiger charge is -2.30. The van der Waals surface area contributed by atoms with E-state index in [4.69, 9.17) is 5.73 Å². The molecule has 19 heavy (non-hydrogen) atoms. The fourth-order valence-electron chi connectivity index (χ4n) is 2.60. The van der Waals surface area contributed by atoms with Crippen LogP contribution >= 0.6 is 11.8 Å². The van der Waals surface area contributed by atoms with E-state index in [2.05, 4.69) is 12.1 Å². The normalized spacial score (nSPS) is 20.1. The van der Waals surface area contributed by atoms with Gasteiger partial charge in [-0.05, 0) is 36.3 Å². The fraction of sp³-hybridized carbons (Fsp3) is 0.533. The number of benzene rings is 1. The molecule has 1 aliphatic heterocycles. The van der Waals surface area contributed by atoms with Crippen molar-refractivity contribution in [1.82, 2.24) is 4.90 Å². The Morgan fingerprint density at radius 2 is 2.05 bits per heavy atom. The SMILES string of the molecule is CCSC(=O)N1CCCCCC1c1ccc(N)cc1. The van der Waals surface area contributed by atoms with Crippen molar-refractivity contribution in [3.8, 4) is 0 Å². The van der Waals surface area contributed by atoms with Crippen LogP contribution in [-0.4, -0.2) is 22.4 Å². The molecule has 1 atom stereocenters. The Bertz CT molecular complexity index is 419. The molecule has 1 heterocycles. The van der Waals surface area contributed by atoms with Crippen LogP contribution in [0.25, 0.3) is 0 Å². The third-order valence-corrected chi connectivity index (χ3v) is 4.35. The third kappa shape index (κ3) is 3.66. The Morgan fingerprint density at radius 1 is 1.32 bits per heavy atom. The number of amides is 1. The summed E-state index contributed by atoms with van der Waals surface area (Å²) in [5, 5.41) is 0.214. The molecular weight excluding hydrogens is 256 g/mol. The van der Waals surface area contributed by atoms with Gasteiger partial charge in [0.1, 0.15) is 0 Å². The number of hydrogen-bond donors (Lipinski definition) is 1. The molecule has 104 valence electrons. The van der Waals surface area contributed by atoms with Crippen LogP contribution in [0, 0.1) is 0 Å². The first-order valence-corrected chi connectivity index (χ1v) is 7.99. The molecule has 1 aromatic rings. The summed E-state index contributed by atoms with van der Waals surface area (Å²) in [5.74, 6) is 0.837. The number of nitrogen functional groups attached to an aromatic ring is 1. The van der Waals surface area contributed by atoms with E-state index in [1.54, 1.807) is 0 Å². The molecule has 4 heteroatoms. The summed E-state index contributed by atoms with van der Waals surface area (Å²) >= 11 is 1.41. The first-order chi connectivity index (χ1) is 9.22. The van der Waals surface area contributed by atoms with Gasteiger partial charge < -0.3 is 10.6 Å². The standard InChI is InChI=1S/C15H22N2OS/c1-2-19-15(18)17-11-5-3-4-6-14(17)12-7-9-13(16)10-8-12/h7-10,14H,2-6,11,16H2,1H3. The van der Waals surface area contributed by atoms with E-state index >= 15 is 0 Å². The molecule has 1 aliphatic rings. The molecule has 0 aromatic heterocycles. The number of carbonyl (C=O) groups excluding carboxylic acids is 1. The largest absolute Gasteiger partial charge is 0.399 e. The van der Waals surface area contributed by atoms with E-state index in [1.165, 1.54) is 30.2 Å². The number of nitrogens with two attached hydrogens (primary N) is 1. The third-order valence-electron chi connectivity index (χ3n) is 3.58. The van der Waals surface area contributed by atoms with E-state index in [9.17, 15) is 4.79 Å². The van der Waals surface area contributed by atoms with Crippen molar-refractivity contribution in [2.75, 3.05) is 18.0 Å². The van der Waals surface area contributed by atoms with Gasteiger partial charge in [-0.3, -0.25) is 4.79 Å². The summed E-state index contributed by atoms with van der Waals surface area (Å²) in [7, 11) is 0. The predicted octanol–water partition coefficient (Wildman–Crippen LogP) is 4.06. The zero-order valence-electron chi connectivity index (χ0n) is 11.5. The van der Waals surface area contributed by atoms with E-state index < -0.39 is 0 Å². The summed E-state index contributed by atoms with van der Waals surface area (Å²) < 4.78 is 0. The maximum Gasteiger partial charge on any atom is 0.282 e. The Hall–Kier alpha value is -1.16. The molecular formula is C15H22N2OS. The van der Waals surface area contributed by atoms with Gasteiger partial charge >= 0.3 is 0 Å². The summed E-state index contributed by atoms with van der Waals surface area (Å²) in [6.07, 6.45) is 4.57. The average molecular weight is 278 g/mol. The van der Waals surface area contributed by atoms with Crippen molar-refractivity contribution in [1.29, 1.82) is 0 Å². The lowest BCUT2D eigenvalue weighted by Crippen LogP contribution is -2.32. The number of thioether (sulfide) groups is 1. The number of hydrogen-bond acceptors (Lipinski definition) is 3. The quantitative estimate of drug-likeness (QED) is 0.830. The topological polar surface area (TPSA) is 46.3 Å². The van der Waals surface area contributed by atoms with Gasteiger partial charge in [0.05, 0.1) is 6.04 Å². The Labute approximate surface area is 119 Å². The van der Waals surface area contributed by atoms with Crippen LogP contribution in [0.1, 0.15) is 44.2 Å². The lowest BCUT2D eigenvalue weighted by atomic mass is 10.0. The first kappa shape index (κ1) is 14.3. The van der Waals surface area contributed by atoms with Crippen molar-refractivity contribution in [3.05, 3.63) is 29.8 Å². The highest BCUT2D eigenvalue weighted by Crippen LogP contribution is 2.32. The number of rotatable bonds is 2. The van der Waals surface area contributed by atoms with E-state index in [-0.39, 0.29) is 11.3 Å². The minimum absolute atomic E-state index is 0.214. The molecule has 1 aromatic carbocycles. The molecule has 3 nitrogen and oxygen atoms in total. The molecule has 1 unspecified atom stereocenters.